The fourth-order valence-electron chi connectivity index (χ4n) is 10.2. The summed E-state index contributed by atoms with van der Waals surface area (Å²) in [6, 6.07) is 0. The second-order valence-corrected chi connectivity index (χ2v) is 13.8. The Morgan fingerprint density at radius 3 is 2.60 bits per heavy atom. The fraction of sp³-hybridized carbons (Fsp3) is 0.839. The molecular weight excluding hydrogens is 432 g/mol. The normalized spacial score (nSPS) is 44.9. The zero-order valence-corrected chi connectivity index (χ0v) is 22.6. The zero-order chi connectivity index (χ0) is 25.1. The van der Waals surface area contributed by atoms with Gasteiger partial charge < -0.3 is 10.2 Å². The average molecular weight is 481 g/mol. The molecule has 0 bridgehead atoms. The number of hydrogen-bond acceptors (Lipinski definition) is 3. The van der Waals surface area contributed by atoms with Gasteiger partial charge in [0, 0.05) is 6.20 Å². The third-order valence-electron chi connectivity index (χ3n) is 11.8. The first-order valence-electron chi connectivity index (χ1n) is 14.5. The molecule has 1 aromatic heterocycles. The maximum atomic E-state index is 11.9. The second-order valence-electron chi connectivity index (χ2n) is 13.8. The minimum Gasteiger partial charge on any atom is -0.390 e. The summed E-state index contributed by atoms with van der Waals surface area (Å²) in [5.74, 6) is 5.84. The average Bonchev–Trinajstić information content (AvgIpc) is 3.25. The van der Waals surface area contributed by atoms with Gasteiger partial charge in [0.2, 0.25) is 0 Å². The SMILES string of the molecule is C#Cc1cnn(C[C@](C)(O)[C@H]2CCC[C@H]3[C@@H]4CC[C@H]5C[C@@](O)(CCC)CC[C@]5(C)[C@H]4CC[C@@]32C)c1. The van der Waals surface area contributed by atoms with E-state index < -0.39 is 11.2 Å². The molecule has 2 N–H and O–H groups in total. The van der Waals surface area contributed by atoms with Crippen molar-refractivity contribution >= 4 is 0 Å². The summed E-state index contributed by atoms with van der Waals surface area (Å²) >= 11 is 0. The van der Waals surface area contributed by atoms with Gasteiger partial charge in [-0.15, -0.1) is 6.42 Å². The molecule has 4 heteroatoms. The lowest BCUT2D eigenvalue weighted by Crippen LogP contribution is -2.60. The molecule has 4 fully saturated rings. The molecule has 4 nitrogen and oxygen atoms in total. The molecule has 0 aromatic carbocycles. The maximum Gasteiger partial charge on any atom is 0.0848 e. The molecule has 0 unspecified atom stereocenters. The minimum atomic E-state index is -0.805. The van der Waals surface area contributed by atoms with E-state index in [9.17, 15) is 10.2 Å². The number of aliphatic hydroxyl groups is 2. The molecule has 9 atom stereocenters. The van der Waals surface area contributed by atoms with Gasteiger partial charge in [-0.1, -0.05) is 39.5 Å². The van der Waals surface area contributed by atoms with Gasteiger partial charge in [-0.3, -0.25) is 4.68 Å². The summed E-state index contributed by atoms with van der Waals surface area (Å²) < 4.78 is 1.85. The summed E-state index contributed by atoms with van der Waals surface area (Å²) in [6.45, 7) is 9.85. The summed E-state index contributed by atoms with van der Waals surface area (Å²) in [6.07, 6.45) is 23.1. The molecule has 0 spiro atoms. The predicted molar refractivity (Wildman–Crippen MR) is 140 cm³/mol. The van der Waals surface area contributed by atoms with E-state index >= 15 is 0 Å². The first-order chi connectivity index (χ1) is 16.5. The lowest BCUT2D eigenvalue weighted by molar-refractivity contribution is -0.192. The largest absolute Gasteiger partial charge is 0.390 e. The molecule has 4 saturated carbocycles. The number of aromatic nitrogens is 2. The van der Waals surface area contributed by atoms with E-state index in [2.05, 4.69) is 31.8 Å². The fourth-order valence-corrected chi connectivity index (χ4v) is 10.2. The highest BCUT2D eigenvalue weighted by Crippen LogP contribution is 2.68. The zero-order valence-electron chi connectivity index (χ0n) is 22.6. The summed E-state index contributed by atoms with van der Waals surface area (Å²) in [7, 11) is 0. The Kier molecular flexibility index (Phi) is 6.45. The van der Waals surface area contributed by atoms with Crippen LogP contribution in [0.3, 0.4) is 0 Å². The number of terminal acetylenes is 1. The summed E-state index contributed by atoms with van der Waals surface area (Å²) in [4.78, 5) is 0. The highest BCUT2D eigenvalue weighted by Gasteiger charge is 2.61. The smallest absolute Gasteiger partial charge is 0.0848 e. The van der Waals surface area contributed by atoms with Gasteiger partial charge in [-0.25, -0.2) is 0 Å². The standard InChI is InChI=1S/C31H48N2O2/c1-6-14-31(35)17-16-28(3)23(18-31)11-12-24-25-9-8-10-27(29(25,4)15-13-26(24)28)30(5,34)21-33-20-22(7-2)19-32-33/h2,19-20,23-27,34-35H,6,8-18,21H2,1,3-5H3/t23-,24-,25-,26-,27-,28-,29-,30-,31+/m0/s1. The van der Waals surface area contributed by atoms with Crippen molar-refractivity contribution in [3.8, 4) is 12.3 Å². The van der Waals surface area contributed by atoms with Crippen LogP contribution in [-0.2, 0) is 6.54 Å². The topological polar surface area (TPSA) is 58.3 Å². The van der Waals surface area contributed by atoms with Crippen LogP contribution < -0.4 is 0 Å². The van der Waals surface area contributed by atoms with Gasteiger partial charge in [0.05, 0.1) is 29.5 Å². The van der Waals surface area contributed by atoms with E-state index in [-0.39, 0.29) is 11.3 Å². The molecular formula is C31H48N2O2. The second kappa shape index (κ2) is 8.91. The van der Waals surface area contributed by atoms with E-state index in [4.69, 9.17) is 6.42 Å². The molecule has 5 rings (SSSR count). The van der Waals surface area contributed by atoms with E-state index in [0.717, 1.165) is 49.5 Å². The van der Waals surface area contributed by atoms with Crippen molar-refractivity contribution < 1.29 is 10.2 Å². The lowest BCUT2D eigenvalue weighted by Gasteiger charge is -2.65. The Bertz CT molecular complexity index is 961. The van der Waals surface area contributed by atoms with Gasteiger partial charge >= 0.3 is 0 Å². The van der Waals surface area contributed by atoms with Crippen LogP contribution in [0.4, 0.5) is 0 Å². The van der Waals surface area contributed by atoms with Crippen molar-refractivity contribution in [3.05, 3.63) is 18.0 Å². The van der Waals surface area contributed by atoms with Gasteiger partial charge in [-0.05, 0) is 112 Å². The molecule has 1 heterocycles. The number of nitrogens with zero attached hydrogens (tertiary/aromatic N) is 2. The first kappa shape index (κ1) is 25.3. The Morgan fingerprint density at radius 2 is 1.89 bits per heavy atom. The van der Waals surface area contributed by atoms with Gasteiger partial charge in [-0.2, -0.15) is 5.10 Å². The van der Waals surface area contributed by atoms with Crippen molar-refractivity contribution in [2.45, 2.75) is 122 Å². The number of fused-ring (bicyclic) bond motifs is 5. The van der Waals surface area contributed by atoms with Crippen molar-refractivity contribution in [2.75, 3.05) is 0 Å². The van der Waals surface area contributed by atoms with Crippen LogP contribution in [0, 0.1) is 52.8 Å². The predicted octanol–water partition coefficient (Wildman–Crippen LogP) is 6.20. The highest BCUT2D eigenvalue weighted by atomic mass is 16.3. The lowest BCUT2D eigenvalue weighted by atomic mass is 9.40. The van der Waals surface area contributed by atoms with E-state index in [0.29, 0.717) is 23.8 Å². The van der Waals surface area contributed by atoms with Crippen LogP contribution in [0.1, 0.15) is 110 Å². The van der Waals surface area contributed by atoms with Crippen LogP contribution in [0.25, 0.3) is 0 Å². The molecule has 0 radical (unpaired) electrons. The molecule has 0 amide bonds. The molecule has 0 saturated heterocycles. The highest BCUT2D eigenvalue weighted by molar-refractivity contribution is 5.26. The Morgan fingerprint density at radius 1 is 1.11 bits per heavy atom. The van der Waals surface area contributed by atoms with Crippen molar-refractivity contribution in [3.63, 3.8) is 0 Å². The molecule has 4 aliphatic rings. The first-order valence-corrected chi connectivity index (χ1v) is 14.5. The third kappa shape index (κ3) is 4.19. The van der Waals surface area contributed by atoms with Gasteiger partial charge in [0.25, 0.3) is 0 Å². The van der Waals surface area contributed by atoms with Crippen LogP contribution in [-0.4, -0.2) is 31.2 Å². The molecule has 35 heavy (non-hydrogen) atoms. The quantitative estimate of drug-likeness (QED) is 0.494. The molecule has 4 aliphatic carbocycles. The summed E-state index contributed by atoms with van der Waals surface area (Å²) in [5.41, 5.74) is 0.0971. The van der Waals surface area contributed by atoms with E-state index in [1.165, 1.54) is 44.9 Å². The van der Waals surface area contributed by atoms with Crippen LogP contribution in [0.15, 0.2) is 12.4 Å². The Balaban J connectivity index is 1.36. The van der Waals surface area contributed by atoms with Crippen molar-refractivity contribution in [1.29, 1.82) is 0 Å². The minimum absolute atomic E-state index is 0.172. The van der Waals surface area contributed by atoms with E-state index in [1.807, 2.05) is 17.8 Å². The molecule has 194 valence electrons. The van der Waals surface area contributed by atoms with Crippen LogP contribution in [0.5, 0.6) is 0 Å². The molecule has 0 aliphatic heterocycles. The van der Waals surface area contributed by atoms with E-state index in [1.54, 1.807) is 6.20 Å². The monoisotopic (exact) mass is 480 g/mol. The van der Waals surface area contributed by atoms with Crippen molar-refractivity contribution in [2.24, 2.45) is 40.4 Å². The van der Waals surface area contributed by atoms with Gasteiger partial charge in [0.15, 0.2) is 0 Å². The Labute approximate surface area is 213 Å². The summed E-state index contributed by atoms with van der Waals surface area (Å²) in [5, 5.41) is 27.6. The number of hydrogen-bond donors (Lipinski definition) is 2. The van der Waals surface area contributed by atoms with Crippen LogP contribution in [0.2, 0.25) is 0 Å². The maximum absolute atomic E-state index is 11.9. The van der Waals surface area contributed by atoms with Crippen LogP contribution >= 0.6 is 0 Å². The van der Waals surface area contributed by atoms with Gasteiger partial charge in [0.1, 0.15) is 0 Å². The third-order valence-corrected chi connectivity index (χ3v) is 11.8. The molecule has 1 aromatic rings. The number of rotatable bonds is 5. The Hall–Kier alpha value is -1.31. The van der Waals surface area contributed by atoms with Crippen molar-refractivity contribution in [1.82, 2.24) is 9.78 Å².